The van der Waals surface area contributed by atoms with Crippen LogP contribution in [0, 0.1) is 6.92 Å². The number of hydrogen-bond acceptors (Lipinski definition) is 2. The number of nitrogens with zero attached hydrogens (tertiary/aromatic N) is 4. The molecule has 0 radical (unpaired) electrons. The quantitative estimate of drug-likeness (QED) is 0.134. The van der Waals surface area contributed by atoms with Crippen LogP contribution in [0.25, 0.3) is 76.2 Å². The summed E-state index contributed by atoms with van der Waals surface area (Å²) in [6, 6.07) is 69.4. The third kappa shape index (κ3) is 6.19. The number of rotatable bonds is 9. The van der Waals surface area contributed by atoms with E-state index in [2.05, 4.69) is 255 Å². The first-order valence-corrected chi connectivity index (χ1v) is 28.2. The Morgan fingerprint density at radius 3 is 1.13 bits per heavy atom. The molecule has 4 nitrogen and oxygen atoms in total. The van der Waals surface area contributed by atoms with Gasteiger partial charge in [0.1, 0.15) is 0 Å². The van der Waals surface area contributed by atoms with Crippen LogP contribution in [0.4, 0.5) is 34.1 Å². The standard InChI is InChI=1S/C64H56N4Si/c1-39(2)42-23-29-45(30-24-42)65(44-27-21-41(5)22-28-44)55-17-11-19-57-61(55)51-15-9-13-49-53-38-60-54(37-59(53)67(57)63(49)51)50-14-10-16-52-62-56(18-12-20-58(62)68(60)64(50)52)66(46-31-25-43(26-32-46)40(3)4)47-33-35-48(36-34-47)69(6,7)8/h9-40H,1-8H3. The minimum absolute atomic E-state index is 0.460. The summed E-state index contributed by atoms with van der Waals surface area (Å²) in [4.78, 5) is 4.93. The van der Waals surface area contributed by atoms with Crippen molar-refractivity contribution in [1.29, 1.82) is 0 Å². The van der Waals surface area contributed by atoms with Crippen LogP contribution in [-0.2, 0) is 0 Å². The molecule has 0 fully saturated rings. The molecule has 13 aromatic rings. The minimum atomic E-state index is -1.50. The van der Waals surface area contributed by atoms with Gasteiger partial charge < -0.3 is 18.6 Å². The lowest BCUT2D eigenvalue weighted by Crippen LogP contribution is -2.37. The van der Waals surface area contributed by atoms with E-state index in [-0.39, 0.29) is 0 Å². The average Bonchev–Trinajstić information content (AvgIpc) is 4.09. The molecule has 4 aromatic heterocycles. The Morgan fingerprint density at radius 1 is 0.377 bits per heavy atom. The van der Waals surface area contributed by atoms with Gasteiger partial charge in [-0.25, -0.2) is 0 Å². The second-order valence-corrected chi connectivity index (χ2v) is 26.2. The Balaban J connectivity index is 1.05. The van der Waals surface area contributed by atoms with E-state index in [1.54, 1.807) is 0 Å². The van der Waals surface area contributed by atoms with E-state index < -0.39 is 8.07 Å². The monoisotopic (exact) mass is 908 g/mol. The van der Waals surface area contributed by atoms with Crippen molar-refractivity contribution in [3.63, 3.8) is 0 Å². The van der Waals surface area contributed by atoms with Gasteiger partial charge in [-0.15, -0.1) is 0 Å². The van der Waals surface area contributed by atoms with Crippen molar-refractivity contribution in [1.82, 2.24) is 8.80 Å². The zero-order valence-electron chi connectivity index (χ0n) is 40.8. The highest BCUT2D eigenvalue weighted by Gasteiger charge is 2.27. The van der Waals surface area contributed by atoms with Crippen LogP contribution in [0.15, 0.2) is 182 Å². The Bertz CT molecular complexity index is 4090. The number of anilines is 6. The number of aromatic nitrogens is 2. The van der Waals surface area contributed by atoms with Crippen molar-refractivity contribution in [2.75, 3.05) is 9.80 Å². The smallest absolute Gasteiger partial charge is 0.0775 e. The Labute approximate surface area is 404 Å². The van der Waals surface area contributed by atoms with E-state index in [1.165, 1.54) is 115 Å². The molecule has 0 aliphatic carbocycles. The zero-order chi connectivity index (χ0) is 47.0. The van der Waals surface area contributed by atoms with Gasteiger partial charge in [0.25, 0.3) is 0 Å². The minimum Gasteiger partial charge on any atom is -0.310 e. The number of para-hydroxylation sites is 2. The lowest BCUT2D eigenvalue weighted by molar-refractivity contribution is 0.866. The summed E-state index contributed by atoms with van der Waals surface area (Å²) in [6.07, 6.45) is 0. The highest BCUT2D eigenvalue weighted by atomic mass is 28.3. The first kappa shape index (κ1) is 41.6. The van der Waals surface area contributed by atoms with Gasteiger partial charge in [0.05, 0.1) is 52.5 Å². The average molecular weight is 909 g/mol. The molecule has 0 atom stereocenters. The maximum atomic E-state index is 2.56. The van der Waals surface area contributed by atoms with Gasteiger partial charge in [-0.3, -0.25) is 0 Å². The van der Waals surface area contributed by atoms with Gasteiger partial charge in [-0.1, -0.05) is 155 Å². The van der Waals surface area contributed by atoms with E-state index in [0.717, 1.165) is 17.1 Å². The first-order valence-electron chi connectivity index (χ1n) is 24.7. The van der Waals surface area contributed by atoms with E-state index in [4.69, 9.17) is 0 Å². The first-order chi connectivity index (χ1) is 33.4. The van der Waals surface area contributed by atoms with Crippen LogP contribution in [0.1, 0.15) is 56.2 Å². The van der Waals surface area contributed by atoms with Gasteiger partial charge in [0, 0.05) is 65.8 Å². The molecule has 4 heterocycles. The summed E-state index contributed by atoms with van der Waals surface area (Å²) < 4.78 is 5.11. The van der Waals surface area contributed by atoms with Gasteiger partial charge in [0.2, 0.25) is 0 Å². The van der Waals surface area contributed by atoms with Crippen molar-refractivity contribution < 1.29 is 0 Å². The summed E-state index contributed by atoms with van der Waals surface area (Å²) in [5.41, 5.74) is 18.4. The summed E-state index contributed by atoms with van der Waals surface area (Å²) in [5, 5.41) is 11.6. The molecular weight excluding hydrogens is 853 g/mol. The van der Waals surface area contributed by atoms with Crippen LogP contribution in [0.2, 0.25) is 19.6 Å². The lowest BCUT2D eigenvalue weighted by atomic mass is 10.0. The lowest BCUT2D eigenvalue weighted by Gasteiger charge is -2.28. The molecule has 0 unspecified atom stereocenters. The van der Waals surface area contributed by atoms with Crippen LogP contribution < -0.4 is 15.0 Å². The van der Waals surface area contributed by atoms with Crippen molar-refractivity contribution in [3.05, 3.63) is 199 Å². The molecule has 0 aliphatic heterocycles. The fraction of sp³-hybridized carbons (Fsp3) is 0.156. The van der Waals surface area contributed by atoms with E-state index in [0.29, 0.717) is 11.8 Å². The fourth-order valence-corrected chi connectivity index (χ4v) is 12.7. The number of aryl methyl sites for hydroxylation is 1. The van der Waals surface area contributed by atoms with Crippen LogP contribution in [-0.4, -0.2) is 16.9 Å². The topological polar surface area (TPSA) is 15.3 Å². The molecule has 0 aliphatic rings. The molecule has 0 spiro atoms. The Morgan fingerprint density at radius 2 is 0.739 bits per heavy atom. The van der Waals surface area contributed by atoms with Gasteiger partial charge in [-0.2, -0.15) is 0 Å². The molecule has 0 amide bonds. The summed E-state index contributed by atoms with van der Waals surface area (Å²) >= 11 is 0. The molecule has 69 heavy (non-hydrogen) atoms. The van der Waals surface area contributed by atoms with Crippen molar-refractivity contribution in [3.8, 4) is 0 Å². The molecule has 9 aromatic carbocycles. The maximum Gasteiger partial charge on any atom is 0.0775 e. The number of fused-ring (bicyclic) bond motifs is 12. The normalized spacial score (nSPS) is 12.6. The third-order valence-corrected chi connectivity index (χ3v) is 17.2. The SMILES string of the molecule is Cc1ccc(N(c2ccc(C(C)C)cc2)c2cccc3c2c2cccc4c5cc6c(cc5n3c42)c2cccc3c4c(N(c5ccc(C(C)C)cc5)c5ccc([Si](C)(C)C)cc5)cccc4n6c23)cc1. The molecule has 5 heteroatoms. The predicted octanol–water partition coefficient (Wildman–Crippen LogP) is 18.0. The maximum absolute atomic E-state index is 2.56. The zero-order valence-corrected chi connectivity index (χ0v) is 41.8. The molecule has 0 bridgehead atoms. The largest absolute Gasteiger partial charge is 0.310 e. The highest BCUT2D eigenvalue weighted by Crippen LogP contribution is 2.50. The van der Waals surface area contributed by atoms with Crippen molar-refractivity contribution >= 4 is 124 Å². The second kappa shape index (κ2) is 15.2. The Kier molecular flexibility index (Phi) is 9.16. The molecule has 0 N–H and O–H groups in total. The fourth-order valence-electron chi connectivity index (χ4n) is 11.6. The number of benzene rings is 9. The van der Waals surface area contributed by atoms with E-state index in [1.807, 2.05) is 0 Å². The van der Waals surface area contributed by atoms with E-state index in [9.17, 15) is 0 Å². The molecule has 0 saturated heterocycles. The number of hydrogen-bond donors (Lipinski definition) is 0. The third-order valence-electron chi connectivity index (χ3n) is 15.2. The van der Waals surface area contributed by atoms with Gasteiger partial charge in [-0.05, 0) is 115 Å². The highest BCUT2D eigenvalue weighted by molar-refractivity contribution is 6.88. The predicted molar refractivity (Wildman–Crippen MR) is 301 cm³/mol. The molecular formula is C64H56N4Si. The molecule has 0 saturated carbocycles. The van der Waals surface area contributed by atoms with E-state index >= 15 is 0 Å². The molecule has 336 valence electrons. The summed E-state index contributed by atoms with van der Waals surface area (Å²) in [7, 11) is -1.50. The summed E-state index contributed by atoms with van der Waals surface area (Å²) in [5.74, 6) is 0.923. The van der Waals surface area contributed by atoms with Crippen LogP contribution in [0.3, 0.4) is 0 Å². The van der Waals surface area contributed by atoms with Crippen LogP contribution >= 0.6 is 0 Å². The second-order valence-electron chi connectivity index (χ2n) is 21.1. The Hall–Kier alpha value is -7.60. The van der Waals surface area contributed by atoms with Gasteiger partial charge >= 0.3 is 0 Å². The van der Waals surface area contributed by atoms with Gasteiger partial charge in [0.15, 0.2) is 0 Å². The summed E-state index contributed by atoms with van der Waals surface area (Å²) in [6.45, 7) is 18.5. The molecule has 13 rings (SSSR count). The van der Waals surface area contributed by atoms with Crippen molar-refractivity contribution in [2.45, 2.75) is 66.1 Å². The van der Waals surface area contributed by atoms with Crippen LogP contribution in [0.5, 0.6) is 0 Å². The van der Waals surface area contributed by atoms with Crippen molar-refractivity contribution in [2.24, 2.45) is 0 Å².